The van der Waals surface area contributed by atoms with Gasteiger partial charge in [0, 0.05) is 42.4 Å². The summed E-state index contributed by atoms with van der Waals surface area (Å²) in [5.41, 5.74) is 8.76. The van der Waals surface area contributed by atoms with Gasteiger partial charge < -0.3 is 21.1 Å². The molecule has 0 spiro atoms. The van der Waals surface area contributed by atoms with Gasteiger partial charge in [0.05, 0.1) is 5.60 Å². The Labute approximate surface area is 183 Å². The number of nitrogen functional groups attached to an aromatic ring is 1. The van der Waals surface area contributed by atoms with Crippen molar-refractivity contribution in [2.45, 2.75) is 25.4 Å². The van der Waals surface area contributed by atoms with Crippen molar-refractivity contribution >= 4 is 36.5 Å². The van der Waals surface area contributed by atoms with Crippen molar-refractivity contribution in [2.75, 3.05) is 31.9 Å². The van der Waals surface area contributed by atoms with Crippen LogP contribution in [0.4, 0.5) is 5.82 Å². The number of benzene rings is 1. The number of nitrogens with zero attached hydrogens (tertiary/aromatic N) is 2. The minimum atomic E-state index is -0.623. The molecule has 0 unspecified atom stereocenters. The third-order valence-electron chi connectivity index (χ3n) is 5.93. The van der Waals surface area contributed by atoms with Crippen LogP contribution in [0.5, 0.6) is 0 Å². The molecule has 1 amide bonds. The fourth-order valence-electron chi connectivity index (χ4n) is 4.21. The highest BCUT2D eigenvalue weighted by Crippen LogP contribution is 2.33. The summed E-state index contributed by atoms with van der Waals surface area (Å²) < 4.78 is 0. The van der Waals surface area contributed by atoms with Crippen molar-refractivity contribution in [3.8, 4) is 11.1 Å². The van der Waals surface area contributed by atoms with Gasteiger partial charge in [-0.3, -0.25) is 4.79 Å². The first-order chi connectivity index (χ1) is 13.0. The molecule has 2 atom stereocenters. The number of aryl methyl sites for hydroxylation is 1. The van der Waals surface area contributed by atoms with E-state index in [-0.39, 0.29) is 36.6 Å². The van der Waals surface area contributed by atoms with E-state index in [1.165, 1.54) is 0 Å². The predicted molar refractivity (Wildman–Crippen MR) is 120 cm³/mol. The van der Waals surface area contributed by atoms with Crippen LogP contribution >= 0.6 is 24.8 Å². The number of carbonyl (C=O) groups excluding carboxylic acids is 1. The smallest absolute Gasteiger partial charge is 0.253 e. The molecule has 8 heteroatoms. The van der Waals surface area contributed by atoms with Crippen LogP contribution in [0.2, 0.25) is 0 Å². The van der Waals surface area contributed by atoms with Crippen molar-refractivity contribution in [2.24, 2.45) is 5.92 Å². The number of pyridine rings is 1. The van der Waals surface area contributed by atoms with Crippen molar-refractivity contribution < 1.29 is 9.90 Å². The molecule has 4 rings (SSSR count). The van der Waals surface area contributed by atoms with Crippen LogP contribution in [0.15, 0.2) is 36.4 Å². The highest BCUT2D eigenvalue weighted by atomic mass is 35.5. The molecular weight excluding hydrogens is 411 g/mol. The van der Waals surface area contributed by atoms with E-state index in [0.717, 1.165) is 36.3 Å². The number of carbonyl (C=O) groups is 1. The summed E-state index contributed by atoms with van der Waals surface area (Å²) in [6.07, 6.45) is 1.41. The molecule has 0 radical (unpaired) electrons. The van der Waals surface area contributed by atoms with Gasteiger partial charge >= 0.3 is 0 Å². The van der Waals surface area contributed by atoms with Gasteiger partial charge in [0.2, 0.25) is 0 Å². The highest BCUT2D eigenvalue weighted by molar-refractivity contribution is 5.95. The number of nitrogens with one attached hydrogen (secondary N) is 1. The number of piperidine rings is 2. The SMILES string of the molecule is Cc1ccc(-c2ccc(C(=O)N3CC[C@@]4(O)CCNC[C@H]4C3)cc2)c(N)n1.Cl.Cl. The first-order valence-electron chi connectivity index (χ1n) is 9.52. The van der Waals surface area contributed by atoms with E-state index in [4.69, 9.17) is 5.73 Å². The van der Waals surface area contributed by atoms with Gasteiger partial charge in [-0.05, 0) is 56.1 Å². The largest absolute Gasteiger partial charge is 0.389 e. The summed E-state index contributed by atoms with van der Waals surface area (Å²) >= 11 is 0. The number of halogens is 2. The van der Waals surface area contributed by atoms with Crippen LogP contribution in [-0.2, 0) is 0 Å². The maximum atomic E-state index is 12.9. The third-order valence-corrected chi connectivity index (χ3v) is 5.93. The molecule has 2 aliphatic rings. The lowest BCUT2D eigenvalue weighted by atomic mass is 9.76. The summed E-state index contributed by atoms with van der Waals surface area (Å²) in [6.45, 7) is 4.71. The number of aromatic nitrogens is 1. The Balaban J connectivity index is 0.00000150. The molecular formula is C21H28Cl2N4O2. The van der Waals surface area contributed by atoms with Crippen molar-refractivity contribution in [3.05, 3.63) is 47.7 Å². The summed E-state index contributed by atoms with van der Waals surface area (Å²) in [7, 11) is 0. The van der Waals surface area contributed by atoms with Crippen LogP contribution in [0.25, 0.3) is 11.1 Å². The van der Waals surface area contributed by atoms with E-state index in [2.05, 4.69) is 10.3 Å². The summed E-state index contributed by atoms with van der Waals surface area (Å²) in [6, 6.07) is 11.4. The van der Waals surface area contributed by atoms with Crippen LogP contribution in [0, 0.1) is 12.8 Å². The molecule has 3 heterocycles. The number of hydrogen-bond donors (Lipinski definition) is 3. The molecule has 2 saturated heterocycles. The average molecular weight is 439 g/mol. The predicted octanol–water partition coefficient (Wildman–Crippen LogP) is 2.67. The van der Waals surface area contributed by atoms with Crippen molar-refractivity contribution in [1.29, 1.82) is 0 Å². The number of fused-ring (bicyclic) bond motifs is 1. The van der Waals surface area contributed by atoms with E-state index in [1.54, 1.807) is 0 Å². The maximum absolute atomic E-state index is 12.9. The van der Waals surface area contributed by atoms with Crippen LogP contribution in [0.3, 0.4) is 0 Å². The van der Waals surface area contributed by atoms with Gasteiger partial charge in [-0.2, -0.15) is 0 Å². The first kappa shape index (κ1) is 23.4. The van der Waals surface area contributed by atoms with Gasteiger partial charge in [-0.25, -0.2) is 4.98 Å². The number of amides is 1. The maximum Gasteiger partial charge on any atom is 0.253 e. The van der Waals surface area contributed by atoms with E-state index < -0.39 is 5.60 Å². The second-order valence-electron chi connectivity index (χ2n) is 7.72. The molecule has 2 aromatic rings. The fraction of sp³-hybridized carbons (Fsp3) is 0.429. The lowest BCUT2D eigenvalue weighted by Gasteiger charge is -2.47. The van der Waals surface area contributed by atoms with Crippen molar-refractivity contribution in [3.63, 3.8) is 0 Å². The fourth-order valence-corrected chi connectivity index (χ4v) is 4.21. The van der Waals surface area contributed by atoms with Crippen LogP contribution in [-0.4, -0.2) is 52.7 Å². The Morgan fingerprint density at radius 3 is 2.62 bits per heavy atom. The van der Waals surface area contributed by atoms with Crippen molar-refractivity contribution in [1.82, 2.24) is 15.2 Å². The minimum absolute atomic E-state index is 0. The molecule has 1 aromatic heterocycles. The number of likely N-dealkylation sites (tertiary alicyclic amines) is 1. The molecule has 158 valence electrons. The van der Waals surface area contributed by atoms with Crippen LogP contribution < -0.4 is 11.1 Å². The second-order valence-corrected chi connectivity index (χ2v) is 7.72. The number of rotatable bonds is 2. The molecule has 0 bridgehead atoms. The van der Waals surface area contributed by atoms with E-state index in [0.29, 0.717) is 30.9 Å². The Morgan fingerprint density at radius 1 is 1.21 bits per heavy atom. The second kappa shape index (κ2) is 9.30. The molecule has 2 aliphatic heterocycles. The number of aliphatic hydroxyl groups is 1. The molecule has 6 nitrogen and oxygen atoms in total. The quantitative estimate of drug-likeness (QED) is 0.670. The monoisotopic (exact) mass is 438 g/mol. The lowest BCUT2D eigenvalue weighted by Crippen LogP contribution is -2.59. The van der Waals surface area contributed by atoms with Crippen LogP contribution in [0.1, 0.15) is 28.9 Å². The number of hydrogen-bond acceptors (Lipinski definition) is 5. The number of anilines is 1. The average Bonchev–Trinajstić information content (AvgIpc) is 2.67. The standard InChI is InChI=1S/C21H26N4O2.2ClH/c1-14-2-7-18(19(22)24-14)15-3-5-16(6-4-15)20(26)25-11-9-21(27)8-10-23-12-17(21)13-25;;/h2-7,17,23,27H,8-13H2,1H3,(H2,22,24);2*1H/t17-,21-;;/m0../s1. The zero-order valence-corrected chi connectivity index (χ0v) is 18.1. The Hall–Kier alpha value is -1.86. The number of nitrogens with two attached hydrogens (primary N) is 1. The first-order valence-corrected chi connectivity index (χ1v) is 9.52. The van der Waals surface area contributed by atoms with Gasteiger partial charge in [0.15, 0.2) is 0 Å². The molecule has 4 N–H and O–H groups in total. The zero-order valence-electron chi connectivity index (χ0n) is 16.4. The molecule has 29 heavy (non-hydrogen) atoms. The summed E-state index contributed by atoms with van der Waals surface area (Å²) in [5.74, 6) is 0.611. The normalized spacial score (nSPS) is 23.4. The third kappa shape index (κ3) is 4.67. The van der Waals surface area contributed by atoms with Gasteiger partial charge in [-0.1, -0.05) is 12.1 Å². The van der Waals surface area contributed by atoms with Gasteiger partial charge in [0.1, 0.15) is 5.82 Å². The Morgan fingerprint density at radius 2 is 1.93 bits per heavy atom. The van der Waals surface area contributed by atoms with Gasteiger partial charge in [0.25, 0.3) is 5.91 Å². The summed E-state index contributed by atoms with van der Waals surface area (Å²) in [5, 5.41) is 14.1. The molecule has 1 aromatic carbocycles. The topological polar surface area (TPSA) is 91.5 Å². The molecule has 0 saturated carbocycles. The lowest BCUT2D eigenvalue weighted by molar-refractivity contribution is -0.0817. The highest BCUT2D eigenvalue weighted by Gasteiger charge is 2.43. The van der Waals surface area contributed by atoms with Gasteiger partial charge in [-0.15, -0.1) is 24.8 Å². The molecule has 0 aliphatic carbocycles. The van der Waals surface area contributed by atoms with E-state index in [1.807, 2.05) is 48.2 Å². The summed E-state index contributed by atoms with van der Waals surface area (Å²) in [4.78, 5) is 19.1. The Bertz CT molecular complexity index is 862. The molecule has 2 fully saturated rings. The van der Waals surface area contributed by atoms with E-state index in [9.17, 15) is 9.90 Å². The zero-order chi connectivity index (χ0) is 19.0. The Kier molecular flexibility index (Phi) is 7.51. The minimum Gasteiger partial charge on any atom is -0.389 e. The van der Waals surface area contributed by atoms with E-state index >= 15 is 0 Å².